The number of nitrogens with zero attached hydrogens (tertiary/aromatic N) is 2. The molecule has 0 amide bonds. The number of fused-ring (bicyclic) bond motifs is 1. The summed E-state index contributed by atoms with van der Waals surface area (Å²) in [7, 11) is 0. The molecule has 22 heavy (non-hydrogen) atoms. The van der Waals surface area contributed by atoms with Crippen molar-refractivity contribution in [1.82, 2.24) is 9.97 Å². The summed E-state index contributed by atoms with van der Waals surface area (Å²) in [4.78, 5) is 9.97. The highest BCUT2D eigenvalue weighted by Crippen LogP contribution is 2.32. The molecule has 0 saturated carbocycles. The van der Waals surface area contributed by atoms with E-state index in [2.05, 4.69) is 30.7 Å². The van der Waals surface area contributed by atoms with Gasteiger partial charge in [-0.1, -0.05) is 26.0 Å². The van der Waals surface area contributed by atoms with Crippen LogP contribution in [0.15, 0.2) is 35.7 Å². The molecule has 1 atom stereocenters. The van der Waals surface area contributed by atoms with Crippen molar-refractivity contribution in [3.8, 4) is 17.1 Å². The SMILES string of the molecule is CC(C)C(C)Oc1ccccc1-c1nc(N)c2ccsc2n1. The summed E-state index contributed by atoms with van der Waals surface area (Å²) in [5.41, 5.74) is 6.93. The second kappa shape index (κ2) is 5.93. The van der Waals surface area contributed by atoms with Gasteiger partial charge >= 0.3 is 0 Å². The van der Waals surface area contributed by atoms with E-state index in [0.29, 0.717) is 17.6 Å². The van der Waals surface area contributed by atoms with Gasteiger partial charge in [-0.05, 0) is 36.4 Å². The number of hydrogen-bond acceptors (Lipinski definition) is 5. The fraction of sp³-hybridized carbons (Fsp3) is 0.294. The number of nitrogens with two attached hydrogens (primary N) is 1. The Kier molecular flexibility index (Phi) is 3.98. The number of anilines is 1. The number of aromatic nitrogens is 2. The van der Waals surface area contributed by atoms with Gasteiger partial charge < -0.3 is 10.5 Å². The Hall–Kier alpha value is -2.14. The van der Waals surface area contributed by atoms with Gasteiger partial charge in [0, 0.05) is 0 Å². The van der Waals surface area contributed by atoms with Crippen LogP contribution in [0.2, 0.25) is 0 Å². The Bertz CT molecular complexity index is 797. The van der Waals surface area contributed by atoms with E-state index in [4.69, 9.17) is 10.5 Å². The average Bonchev–Trinajstić information content (AvgIpc) is 2.96. The smallest absolute Gasteiger partial charge is 0.166 e. The van der Waals surface area contributed by atoms with Crippen LogP contribution in [-0.2, 0) is 0 Å². The fourth-order valence-electron chi connectivity index (χ4n) is 2.09. The topological polar surface area (TPSA) is 61.0 Å². The van der Waals surface area contributed by atoms with Crippen LogP contribution in [0.5, 0.6) is 5.75 Å². The van der Waals surface area contributed by atoms with E-state index in [0.717, 1.165) is 21.5 Å². The molecule has 2 N–H and O–H groups in total. The highest BCUT2D eigenvalue weighted by atomic mass is 32.1. The molecule has 3 rings (SSSR count). The van der Waals surface area contributed by atoms with E-state index >= 15 is 0 Å². The summed E-state index contributed by atoms with van der Waals surface area (Å²) in [6, 6.07) is 9.78. The first-order chi connectivity index (χ1) is 10.6. The molecule has 1 aromatic carbocycles. The minimum atomic E-state index is 0.115. The molecule has 1 unspecified atom stereocenters. The maximum atomic E-state index is 6.08. The quantitative estimate of drug-likeness (QED) is 0.777. The molecule has 0 bridgehead atoms. The molecule has 0 saturated heterocycles. The van der Waals surface area contributed by atoms with Crippen LogP contribution in [0.3, 0.4) is 0 Å². The molecule has 4 nitrogen and oxygen atoms in total. The first kappa shape index (κ1) is 14.8. The number of hydrogen-bond donors (Lipinski definition) is 1. The number of para-hydroxylation sites is 1. The molecule has 0 aliphatic rings. The molecule has 0 fully saturated rings. The van der Waals surface area contributed by atoms with Crippen molar-refractivity contribution in [1.29, 1.82) is 0 Å². The zero-order valence-electron chi connectivity index (χ0n) is 12.9. The van der Waals surface area contributed by atoms with Crippen molar-refractivity contribution >= 4 is 27.4 Å². The van der Waals surface area contributed by atoms with Crippen LogP contribution in [-0.4, -0.2) is 16.1 Å². The van der Waals surface area contributed by atoms with Crippen molar-refractivity contribution < 1.29 is 4.74 Å². The summed E-state index contributed by atoms with van der Waals surface area (Å²) in [6.45, 7) is 6.35. The van der Waals surface area contributed by atoms with Crippen molar-refractivity contribution in [2.24, 2.45) is 5.92 Å². The molecule has 3 aromatic rings. The third kappa shape index (κ3) is 2.76. The number of ether oxygens (including phenoxy) is 1. The zero-order chi connectivity index (χ0) is 15.7. The number of nitrogen functional groups attached to an aromatic ring is 1. The molecule has 0 aliphatic heterocycles. The standard InChI is InChI=1S/C17H19N3OS/c1-10(2)11(3)21-14-7-5-4-6-12(14)16-19-15(18)13-8-9-22-17(13)20-16/h4-11H,1-3H3,(H2,18,19,20). The van der Waals surface area contributed by atoms with Crippen molar-refractivity contribution in [2.45, 2.75) is 26.9 Å². The average molecular weight is 313 g/mol. The predicted molar refractivity (Wildman–Crippen MR) is 92.2 cm³/mol. The molecule has 0 spiro atoms. The lowest BCUT2D eigenvalue weighted by Gasteiger charge is -2.20. The molecular formula is C17H19N3OS. The van der Waals surface area contributed by atoms with E-state index in [1.807, 2.05) is 35.7 Å². The van der Waals surface area contributed by atoms with Gasteiger partial charge in [0.2, 0.25) is 0 Å². The molecule has 114 valence electrons. The van der Waals surface area contributed by atoms with E-state index in [1.54, 1.807) is 11.3 Å². The van der Waals surface area contributed by atoms with E-state index in [1.165, 1.54) is 0 Å². The molecule has 5 heteroatoms. The van der Waals surface area contributed by atoms with Gasteiger partial charge in [-0.3, -0.25) is 0 Å². The second-order valence-electron chi connectivity index (χ2n) is 5.64. The minimum Gasteiger partial charge on any atom is -0.490 e. The van der Waals surface area contributed by atoms with Gasteiger partial charge in [0.25, 0.3) is 0 Å². The van der Waals surface area contributed by atoms with Crippen molar-refractivity contribution in [3.63, 3.8) is 0 Å². The lowest BCUT2D eigenvalue weighted by Crippen LogP contribution is -2.19. The van der Waals surface area contributed by atoms with Crippen LogP contribution < -0.4 is 10.5 Å². The summed E-state index contributed by atoms with van der Waals surface area (Å²) >= 11 is 1.56. The predicted octanol–water partition coefficient (Wildman–Crippen LogP) is 4.36. The maximum absolute atomic E-state index is 6.08. The summed E-state index contributed by atoms with van der Waals surface area (Å²) < 4.78 is 6.08. The van der Waals surface area contributed by atoms with Crippen LogP contribution in [0.4, 0.5) is 5.82 Å². The van der Waals surface area contributed by atoms with Gasteiger partial charge in [-0.15, -0.1) is 11.3 Å². The van der Waals surface area contributed by atoms with Gasteiger partial charge in [-0.25, -0.2) is 9.97 Å². The Labute approximate surface area is 134 Å². The van der Waals surface area contributed by atoms with Gasteiger partial charge in [0.15, 0.2) is 5.82 Å². The lowest BCUT2D eigenvalue weighted by molar-refractivity contribution is 0.171. The summed E-state index contributed by atoms with van der Waals surface area (Å²) in [6.07, 6.45) is 0.115. The van der Waals surface area contributed by atoms with Gasteiger partial charge in [0.05, 0.1) is 17.1 Å². The molecular weight excluding hydrogens is 294 g/mol. The molecule has 0 aliphatic carbocycles. The van der Waals surface area contributed by atoms with Crippen molar-refractivity contribution in [2.75, 3.05) is 5.73 Å². The third-order valence-electron chi connectivity index (χ3n) is 3.73. The minimum absolute atomic E-state index is 0.115. The second-order valence-corrected chi connectivity index (χ2v) is 6.53. The fourth-order valence-corrected chi connectivity index (χ4v) is 2.86. The molecule has 2 aromatic heterocycles. The lowest BCUT2D eigenvalue weighted by atomic mass is 10.1. The van der Waals surface area contributed by atoms with Gasteiger partial charge in [-0.2, -0.15) is 0 Å². The zero-order valence-corrected chi connectivity index (χ0v) is 13.7. The van der Waals surface area contributed by atoms with E-state index in [-0.39, 0.29) is 6.10 Å². The largest absolute Gasteiger partial charge is 0.490 e. The summed E-state index contributed by atoms with van der Waals surface area (Å²) in [5.74, 6) is 2.34. The Morgan fingerprint density at radius 1 is 1.09 bits per heavy atom. The normalized spacial score (nSPS) is 12.7. The van der Waals surface area contributed by atoms with Crippen LogP contribution in [0.1, 0.15) is 20.8 Å². The third-order valence-corrected chi connectivity index (χ3v) is 4.54. The summed E-state index contributed by atoms with van der Waals surface area (Å²) in [5, 5.41) is 2.88. The Morgan fingerprint density at radius 3 is 2.64 bits per heavy atom. The monoisotopic (exact) mass is 313 g/mol. The first-order valence-corrected chi connectivity index (χ1v) is 8.21. The van der Waals surface area contributed by atoms with Gasteiger partial charge in [0.1, 0.15) is 16.4 Å². The van der Waals surface area contributed by atoms with E-state index in [9.17, 15) is 0 Å². The van der Waals surface area contributed by atoms with Crippen LogP contribution in [0, 0.1) is 5.92 Å². The molecule has 0 radical (unpaired) electrons. The maximum Gasteiger partial charge on any atom is 0.166 e. The number of benzene rings is 1. The number of rotatable bonds is 4. The number of thiophene rings is 1. The molecule has 2 heterocycles. The van der Waals surface area contributed by atoms with Crippen LogP contribution in [0.25, 0.3) is 21.6 Å². The highest BCUT2D eigenvalue weighted by Gasteiger charge is 2.15. The van der Waals surface area contributed by atoms with E-state index < -0.39 is 0 Å². The van der Waals surface area contributed by atoms with Crippen LogP contribution >= 0.6 is 11.3 Å². The Morgan fingerprint density at radius 2 is 1.86 bits per heavy atom. The van der Waals surface area contributed by atoms with Crippen molar-refractivity contribution in [3.05, 3.63) is 35.7 Å². The Balaban J connectivity index is 2.06. The first-order valence-electron chi connectivity index (χ1n) is 7.33. The highest BCUT2D eigenvalue weighted by molar-refractivity contribution is 7.16.